The predicted octanol–water partition coefficient (Wildman–Crippen LogP) is 3.32. The van der Waals surface area contributed by atoms with Crippen LogP contribution in [0.1, 0.15) is 25.3 Å². The molecule has 1 atom stereocenters. The van der Waals surface area contributed by atoms with Gasteiger partial charge in [-0.3, -0.25) is 14.5 Å². The summed E-state index contributed by atoms with van der Waals surface area (Å²) in [4.78, 5) is 26.8. The fraction of sp³-hybridized carbons (Fsp3) is 0.364. The minimum atomic E-state index is -1.00. The molecule has 1 aliphatic rings. The van der Waals surface area contributed by atoms with Crippen LogP contribution in [0.3, 0.4) is 0 Å². The Hall–Kier alpha value is -2.80. The number of hydrogen-bond acceptors (Lipinski definition) is 3. The molecule has 1 fully saturated rings. The highest BCUT2D eigenvalue weighted by atomic mass is 19.2. The number of piperidine rings is 1. The molecule has 2 amide bonds. The van der Waals surface area contributed by atoms with Crippen molar-refractivity contribution < 1.29 is 18.4 Å². The first-order chi connectivity index (χ1) is 13.9. The molecule has 0 aromatic heterocycles. The molecular weight excluding hydrogens is 376 g/mol. The molecule has 0 spiro atoms. The highest BCUT2D eigenvalue weighted by molar-refractivity contribution is 5.94. The van der Waals surface area contributed by atoms with E-state index in [-0.39, 0.29) is 23.4 Å². The Labute approximate surface area is 169 Å². The zero-order valence-electron chi connectivity index (χ0n) is 16.3. The molecule has 2 aromatic carbocycles. The number of anilines is 1. The van der Waals surface area contributed by atoms with Gasteiger partial charge in [-0.15, -0.1) is 0 Å². The van der Waals surface area contributed by atoms with Crippen molar-refractivity contribution in [3.05, 3.63) is 65.7 Å². The molecule has 2 N–H and O–H groups in total. The molecule has 0 saturated carbocycles. The smallest absolute Gasteiger partial charge is 0.241 e. The van der Waals surface area contributed by atoms with E-state index in [9.17, 15) is 18.4 Å². The summed E-state index contributed by atoms with van der Waals surface area (Å²) < 4.78 is 26.3. The summed E-state index contributed by atoms with van der Waals surface area (Å²) in [5.41, 5.74) is 1.27. The van der Waals surface area contributed by atoms with Crippen molar-refractivity contribution in [2.45, 2.75) is 32.4 Å². The Morgan fingerprint density at radius 2 is 1.76 bits per heavy atom. The summed E-state index contributed by atoms with van der Waals surface area (Å²) in [5.74, 6) is -2.28. The van der Waals surface area contributed by atoms with Gasteiger partial charge in [-0.25, -0.2) is 8.78 Å². The maximum Gasteiger partial charge on any atom is 0.241 e. The molecule has 29 heavy (non-hydrogen) atoms. The van der Waals surface area contributed by atoms with E-state index in [1.54, 1.807) is 6.92 Å². The summed E-state index contributed by atoms with van der Waals surface area (Å²) in [6, 6.07) is 12.6. The molecule has 0 unspecified atom stereocenters. The second-order valence-corrected chi connectivity index (χ2v) is 7.31. The topological polar surface area (TPSA) is 61.4 Å². The number of halogens is 2. The number of likely N-dealkylation sites (tertiary alicyclic amines) is 1. The largest absolute Gasteiger partial charge is 0.352 e. The molecular formula is C22H25F2N3O2. The van der Waals surface area contributed by atoms with E-state index in [4.69, 9.17) is 0 Å². The van der Waals surface area contributed by atoms with Crippen molar-refractivity contribution in [2.75, 3.05) is 18.4 Å². The highest BCUT2D eigenvalue weighted by Crippen LogP contribution is 2.20. The van der Waals surface area contributed by atoms with Crippen molar-refractivity contribution in [3.8, 4) is 0 Å². The number of carbonyl (C=O) groups excluding carboxylic acids is 2. The monoisotopic (exact) mass is 401 g/mol. The van der Waals surface area contributed by atoms with Gasteiger partial charge in [-0.2, -0.15) is 0 Å². The number of nitrogens with zero attached hydrogens (tertiary/aromatic N) is 1. The fourth-order valence-electron chi connectivity index (χ4n) is 3.46. The van der Waals surface area contributed by atoms with Crippen LogP contribution in [0.15, 0.2) is 48.5 Å². The Bertz CT molecular complexity index is 852. The van der Waals surface area contributed by atoms with E-state index in [0.717, 1.165) is 17.7 Å². The normalized spacial score (nSPS) is 16.2. The van der Waals surface area contributed by atoms with Crippen molar-refractivity contribution in [3.63, 3.8) is 0 Å². The summed E-state index contributed by atoms with van der Waals surface area (Å²) >= 11 is 0. The zero-order valence-corrected chi connectivity index (χ0v) is 16.3. The second kappa shape index (κ2) is 9.60. The third kappa shape index (κ3) is 5.60. The minimum Gasteiger partial charge on any atom is -0.352 e. The van der Waals surface area contributed by atoms with Crippen LogP contribution in [0.25, 0.3) is 0 Å². The standard InChI is InChI=1S/C22H25F2N3O2/c1-15(21(28)26-18-7-8-19(23)20(24)13-18)27-11-9-17(10-12-27)22(29)25-14-16-5-3-2-4-6-16/h2-8,13,15,17H,9-12,14H2,1H3,(H,25,29)(H,26,28)/t15-/m0/s1. The quantitative estimate of drug-likeness (QED) is 0.781. The minimum absolute atomic E-state index is 0.0346. The molecule has 0 bridgehead atoms. The molecule has 3 rings (SSSR count). The predicted molar refractivity (Wildman–Crippen MR) is 107 cm³/mol. The van der Waals surface area contributed by atoms with Gasteiger partial charge in [-0.05, 0) is 50.6 Å². The van der Waals surface area contributed by atoms with E-state index in [2.05, 4.69) is 10.6 Å². The van der Waals surface area contributed by atoms with Gasteiger partial charge in [0.1, 0.15) is 0 Å². The van der Waals surface area contributed by atoms with Crippen molar-refractivity contribution in [1.82, 2.24) is 10.2 Å². The number of carbonyl (C=O) groups is 2. The molecule has 0 radical (unpaired) electrons. The Balaban J connectivity index is 1.45. The highest BCUT2D eigenvalue weighted by Gasteiger charge is 2.29. The lowest BCUT2D eigenvalue weighted by atomic mass is 9.94. The number of amides is 2. The zero-order chi connectivity index (χ0) is 20.8. The molecule has 1 heterocycles. The van der Waals surface area contributed by atoms with Crippen molar-refractivity contribution >= 4 is 17.5 Å². The van der Waals surface area contributed by atoms with Gasteiger partial charge in [0.2, 0.25) is 11.8 Å². The lowest BCUT2D eigenvalue weighted by Crippen LogP contribution is -2.48. The summed E-state index contributed by atoms with van der Waals surface area (Å²) in [5, 5.41) is 5.59. The first-order valence-corrected chi connectivity index (χ1v) is 9.75. The van der Waals surface area contributed by atoms with E-state index >= 15 is 0 Å². The van der Waals surface area contributed by atoms with Gasteiger partial charge in [0.25, 0.3) is 0 Å². The number of rotatable bonds is 6. The van der Waals surface area contributed by atoms with Gasteiger partial charge in [0.15, 0.2) is 11.6 Å². The van der Waals surface area contributed by atoms with Crippen molar-refractivity contribution in [2.24, 2.45) is 5.92 Å². The van der Waals surface area contributed by atoms with Gasteiger partial charge in [0.05, 0.1) is 6.04 Å². The Kier molecular flexibility index (Phi) is 6.93. The second-order valence-electron chi connectivity index (χ2n) is 7.31. The maximum absolute atomic E-state index is 13.3. The van der Waals surface area contributed by atoms with E-state index in [0.29, 0.717) is 32.5 Å². The lowest BCUT2D eigenvalue weighted by molar-refractivity contribution is -0.127. The average molecular weight is 401 g/mol. The fourth-order valence-corrected chi connectivity index (χ4v) is 3.46. The van der Waals surface area contributed by atoms with Crippen LogP contribution < -0.4 is 10.6 Å². The molecule has 1 aliphatic heterocycles. The van der Waals surface area contributed by atoms with Crippen LogP contribution in [0.4, 0.5) is 14.5 Å². The van der Waals surface area contributed by atoms with Crippen molar-refractivity contribution in [1.29, 1.82) is 0 Å². The molecule has 7 heteroatoms. The van der Waals surface area contributed by atoms with Gasteiger partial charge in [0, 0.05) is 24.2 Å². The summed E-state index contributed by atoms with van der Waals surface area (Å²) in [6.07, 6.45) is 1.34. The van der Waals surface area contributed by atoms with E-state index in [1.807, 2.05) is 35.2 Å². The Morgan fingerprint density at radius 1 is 1.07 bits per heavy atom. The average Bonchev–Trinajstić information content (AvgIpc) is 2.75. The molecule has 1 saturated heterocycles. The van der Waals surface area contributed by atoms with Crippen LogP contribution in [0.5, 0.6) is 0 Å². The molecule has 0 aliphatic carbocycles. The maximum atomic E-state index is 13.3. The lowest BCUT2D eigenvalue weighted by Gasteiger charge is -2.34. The van der Waals surface area contributed by atoms with Crippen LogP contribution >= 0.6 is 0 Å². The van der Waals surface area contributed by atoms with Crippen LogP contribution in [0.2, 0.25) is 0 Å². The van der Waals surface area contributed by atoms with E-state index < -0.39 is 17.7 Å². The third-order valence-electron chi connectivity index (χ3n) is 5.32. The van der Waals surface area contributed by atoms with E-state index in [1.165, 1.54) is 6.07 Å². The Morgan fingerprint density at radius 3 is 2.41 bits per heavy atom. The first-order valence-electron chi connectivity index (χ1n) is 9.75. The molecule has 2 aromatic rings. The van der Waals surface area contributed by atoms with Crippen LogP contribution in [-0.4, -0.2) is 35.8 Å². The number of benzene rings is 2. The number of nitrogens with one attached hydrogen (secondary N) is 2. The molecule has 5 nitrogen and oxygen atoms in total. The van der Waals surface area contributed by atoms with Gasteiger partial charge >= 0.3 is 0 Å². The molecule has 154 valence electrons. The third-order valence-corrected chi connectivity index (χ3v) is 5.32. The summed E-state index contributed by atoms with van der Waals surface area (Å²) in [7, 11) is 0. The van der Waals surface area contributed by atoms with Crippen LogP contribution in [-0.2, 0) is 16.1 Å². The van der Waals surface area contributed by atoms with Gasteiger partial charge in [-0.1, -0.05) is 30.3 Å². The van der Waals surface area contributed by atoms with Gasteiger partial charge < -0.3 is 10.6 Å². The van der Waals surface area contributed by atoms with Crippen LogP contribution in [0, 0.1) is 17.6 Å². The number of hydrogen-bond donors (Lipinski definition) is 2. The summed E-state index contributed by atoms with van der Waals surface area (Å²) in [6.45, 7) is 3.52. The first kappa shape index (κ1) is 20.9. The SMILES string of the molecule is C[C@@H](C(=O)Nc1ccc(F)c(F)c1)N1CCC(C(=O)NCc2ccccc2)CC1.